The normalized spacial score (nSPS) is 10.9. The maximum absolute atomic E-state index is 5.40. The largest absolute Gasteiger partial charge is 0.693 e. The second kappa shape index (κ2) is 16.6. The molecule has 0 rings (SSSR count). The molecule has 0 bridgehead atoms. The van der Waals surface area contributed by atoms with Crippen molar-refractivity contribution >= 4 is 18.8 Å². The SMILES string of the molecule is CCCC(C)N.[Cl][Pt][Cl].[NH2-]. The van der Waals surface area contributed by atoms with Gasteiger partial charge in [-0.2, -0.15) is 0 Å². The minimum Gasteiger partial charge on any atom is -0.693 e. The van der Waals surface area contributed by atoms with Crippen LogP contribution in [-0.4, -0.2) is 6.04 Å². The summed E-state index contributed by atoms with van der Waals surface area (Å²) in [5, 5.41) is 0. The van der Waals surface area contributed by atoms with E-state index < -0.39 is 16.5 Å². The second-order valence-electron chi connectivity index (χ2n) is 1.81. The van der Waals surface area contributed by atoms with Gasteiger partial charge in [0.05, 0.1) is 0 Å². The Morgan fingerprint density at radius 2 is 1.80 bits per heavy atom. The van der Waals surface area contributed by atoms with Crippen LogP contribution in [-0.2, 0) is 16.5 Å². The molecular weight excluding hydrogens is 354 g/mol. The first-order chi connectivity index (χ1) is 4.18. The number of rotatable bonds is 2. The van der Waals surface area contributed by atoms with Crippen LogP contribution in [0.15, 0.2) is 0 Å². The molecule has 4 N–H and O–H groups in total. The van der Waals surface area contributed by atoms with Crippen molar-refractivity contribution in [2.24, 2.45) is 5.73 Å². The molecule has 0 radical (unpaired) electrons. The molecule has 5 heteroatoms. The van der Waals surface area contributed by atoms with Crippen LogP contribution in [0.2, 0.25) is 0 Å². The van der Waals surface area contributed by atoms with Crippen molar-refractivity contribution < 1.29 is 16.5 Å². The van der Waals surface area contributed by atoms with Gasteiger partial charge in [0.1, 0.15) is 0 Å². The fraction of sp³-hybridized carbons (Fsp3) is 1.00. The van der Waals surface area contributed by atoms with E-state index in [0.29, 0.717) is 6.04 Å². The summed E-state index contributed by atoms with van der Waals surface area (Å²) < 4.78 is 0. The van der Waals surface area contributed by atoms with Crippen LogP contribution in [0.3, 0.4) is 0 Å². The van der Waals surface area contributed by atoms with E-state index in [0.717, 1.165) is 6.42 Å². The molecule has 0 spiro atoms. The van der Waals surface area contributed by atoms with Crippen LogP contribution in [0.25, 0.3) is 6.15 Å². The van der Waals surface area contributed by atoms with Crippen molar-refractivity contribution in [1.82, 2.24) is 0 Å². The van der Waals surface area contributed by atoms with Gasteiger partial charge in [0.25, 0.3) is 0 Å². The summed E-state index contributed by atoms with van der Waals surface area (Å²) in [6.07, 6.45) is 2.36. The summed E-state index contributed by atoms with van der Waals surface area (Å²) in [5.41, 5.74) is 5.40. The molecular formula is C5H15Cl2N2Pt-. The molecule has 0 heterocycles. The molecule has 1 unspecified atom stereocenters. The monoisotopic (exact) mass is 368 g/mol. The predicted molar refractivity (Wildman–Crippen MR) is 45.5 cm³/mol. The Kier molecular flexibility index (Phi) is 28.8. The Morgan fingerprint density at radius 3 is 1.80 bits per heavy atom. The van der Waals surface area contributed by atoms with E-state index in [2.05, 4.69) is 6.92 Å². The van der Waals surface area contributed by atoms with Gasteiger partial charge < -0.3 is 11.9 Å². The number of halogens is 2. The molecule has 0 aliphatic rings. The van der Waals surface area contributed by atoms with E-state index in [4.69, 9.17) is 24.6 Å². The maximum Gasteiger partial charge on any atom is -0.693 e. The van der Waals surface area contributed by atoms with Crippen LogP contribution in [0, 0.1) is 0 Å². The average molecular weight is 369 g/mol. The molecule has 0 aromatic carbocycles. The van der Waals surface area contributed by atoms with Gasteiger partial charge in [-0.3, -0.25) is 0 Å². The Morgan fingerprint density at radius 1 is 1.50 bits per heavy atom. The van der Waals surface area contributed by atoms with Gasteiger partial charge in [-0.15, -0.1) is 0 Å². The maximum atomic E-state index is 5.40. The number of hydrogen-bond acceptors (Lipinski definition) is 1. The van der Waals surface area contributed by atoms with Gasteiger partial charge in [0.15, 0.2) is 0 Å². The van der Waals surface area contributed by atoms with Gasteiger partial charge >= 0.3 is 35.3 Å². The third-order valence-electron chi connectivity index (χ3n) is 0.744. The number of hydrogen-bond donors (Lipinski definition) is 1. The van der Waals surface area contributed by atoms with Crippen LogP contribution in [0.5, 0.6) is 0 Å². The predicted octanol–water partition coefficient (Wildman–Crippen LogP) is 3.23. The van der Waals surface area contributed by atoms with Crippen molar-refractivity contribution in [1.29, 1.82) is 0 Å². The van der Waals surface area contributed by atoms with Crippen molar-refractivity contribution in [3.8, 4) is 0 Å². The van der Waals surface area contributed by atoms with Gasteiger partial charge in [-0.05, 0) is 13.3 Å². The van der Waals surface area contributed by atoms with E-state index in [1.807, 2.05) is 6.92 Å². The minimum absolute atomic E-state index is 0. The van der Waals surface area contributed by atoms with Gasteiger partial charge in [0.2, 0.25) is 0 Å². The fourth-order valence-corrected chi connectivity index (χ4v) is 0.455. The molecule has 70 valence electrons. The van der Waals surface area contributed by atoms with Gasteiger partial charge in [0, 0.05) is 6.04 Å². The molecule has 0 aliphatic carbocycles. The van der Waals surface area contributed by atoms with Gasteiger partial charge in [-0.1, -0.05) is 13.3 Å². The van der Waals surface area contributed by atoms with Crippen molar-refractivity contribution in [3.05, 3.63) is 6.15 Å². The quantitative estimate of drug-likeness (QED) is 0.798. The van der Waals surface area contributed by atoms with E-state index >= 15 is 0 Å². The minimum atomic E-state index is -0.472. The van der Waals surface area contributed by atoms with Crippen molar-refractivity contribution in [2.45, 2.75) is 32.7 Å². The third-order valence-corrected chi connectivity index (χ3v) is 0.744. The Balaban J connectivity index is -0.000000107. The first-order valence-electron chi connectivity index (χ1n) is 2.77. The summed E-state index contributed by atoms with van der Waals surface area (Å²) in [5.74, 6) is 0. The standard InChI is InChI=1S/C5H13N.2ClH.H2N.Pt/c1-3-4-5(2)6;;;;/h5H,3-4,6H2,1-2H3;2*1H;1H2;/q;;;-1;+2/p-2. The fourth-order valence-electron chi connectivity index (χ4n) is 0.455. The van der Waals surface area contributed by atoms with Crippen LogP contribution in [0.4, 0.5) is 0 Å². The third kappa shape index (κ3) is 35.1. The Labute approximate surface area is 79.8 Å². The summed E-state index contributed by atoms with van der Waals surface area (Å²) >= 11 is -0.472. The Bertz CT molecular complexity index is 46.6. The zero-order valence-electron chi connectivity index (χ0n) is 6.22. The molecule has 0 fully saturated rings. The van der Waals surface area contributed by atoms with Crippen LogP contribution in [0.1, 0.15) is 26.7 Å². The van der Waals surface area contributed by atoms with Crippen LogP contribution >= 0.6 is 18.8 Å². The molecule has 1 atom stereocenters. The summed E-state index contributed by atoms with van der Waals surface area (Å²) in [4.78, 5) is 0. The second-order valence-corrected chi connectivity index (χ2v) is 5.09. The van der Waals surface area contributed by atoms with E-state index in [1.54, 1.807) is 0 Å². The molecule has 0 saturated heterocycles. The first kappa shape index (κ1) is 17.3. The van der Waals surface area contributed by atoms with Crippen molar-refractivity contribution in [3.63, 3.8) is 0 Å². The van der Waals surface area contributed by atoms with E-state index in [-0.39, 0.29) is 6.15 Å². The summed E-state index contributed by atoms with van der Waals surface area (Å²) in [7, 11) is 9.75. The topological polar surface area (TPSA) is 59.5 Å². The average Bonchev–Trinajstić information content (AvgIpc) is 1.67. The molecule has 0 aliphatic heterocycles. The van der Waals surface area contributed by atoms with Crippen molar-refractivity contribution in [2.75, 3.05) is 0 Å². The molecule has 2 nitrogen and oxygen atoms in total. The zero-order valence-corrected chi connectivity index (χ0v) is 10.0. The zero-order chi connectivity index (χ0) is 7.70. The van der Waals surface area contributed by atoms with E-state index in [1.165, 1.54) is 6.42 Å². The summed E-state index contributed by atoms with van der Waals surface area (Å²) in [6, 6.07) is 0.398. The van der Waals surface area contributed by atoms with Crippen LogP contribution < -0.4 is 5.73 Å². The molecule has 0 amide bonds. The molecule has 0 saturated carbocycles. The number of nitrogens with two attached hydrogens (primary N) is 2. The van der Waals surface area contributed by atoms with E-state index in [9.17, 15) is 0 Å². The molecule has 0 aromatic rings. The molecule has 0 aromatic heterocycles. The Hall–Kier alpha value is 1.19. The summed E-state index contributed by atoms with van der Waals surface area (Å²) in [6.45, 7) is 4.17. The molecule has 10 heavy (non-hydrogen) atoms. The van der Waals surface area contributed by atoms with Gasteiger partial charge in [-0.25, -0.2) is 0 Å². The first-order valence-corrected chi connectivity index (χ1v) is 8.40. The smallest absolute Gasteiger partial charge is 0.693 e.